The lowest BCUT2D eigenvalue weighted by molar-refractivity contribution is -0.136. The average molecular weight is 994 g/mol. The Morgan fingerprint density at radius 1 is 0.778 bits per heavy atom. The van der Waals surface area contributed by atoms with Gasteiger partial charge in [0.05, 0.1) is 113 Å². The smallest absolute Gasteiger partial charge is 0.264 e. The minimum absolute atomic E-state index is 0.0497. The molecule has 3 aromatic heterocycles. The van der Waals surface area contributed by atoms with Gasteiger partial charge in [-0.15, -0.1) is 0 Å². The highest BCUT2D eigenvalue weighted by atomic mass is 19.1. The molecule has 2 saturated heterocycles. The number of piperazine rings is 1. The summed E-state index contributed by atoms with van der Waals surface area (Å²) in [6.07, 6.45) is 9.60. The first-order chi connectivity index (χ1) is 35.1. The van der Waals surface area contributed by atoms with Crippen molar-refractivity contribution in [2.24, 2.45) is 0 Å². The summed E-state index contributed by atoms with van der Waals surface area (Å²) in [5.41, 5.74) is 4.35. The van der Waals surface area contributed by atoms with Crippen LogP contribution >= 0.6 is 0 Å². The Bertz CT molecular complexity index is 2780. The fourth-order valence-electron chi connectivity index (χ4n) is 8.71. The topological polar surface area (TPSA) is 253 Å². The van der Waals surface area contributed by atoms with Crippen molar-refractivity contribution in [3.63, 3.8) is 0 Å². The number of hydrogen-bond acceptors (Lipinski definition) is 16. The Hall–Kier alpha value is -7.18. The number of aromatic amines is 1. The van der Waals surface area contributed by atoms with E-state index in [1.54, 1.807) is 52.7 Å². The first-order valence-corrected chi connectivity index (χ1v) is 24.1. The molecular weight excluding hydrogens is 938 g/mol. The van der Waals surface area contributed by atoms with Gasteiger partial charge in [-0.3, -0.25) is 48.5 Å². The van der Waals surface area contributed by atoms with Gasteiger partial charge in [-0.1, -0.05) is 6.07 Å². The highest BCUT2D eigenvalue weighted by Gasteiger charge is 2.45. The van der Waals surface area contributed by atoms with Crippen LogP contribution in [0.3, 0.4) is 0 Å². The molecule has 72 heavy (non-hydrogen) atoms. The van der Waals surface area contributed by atoms with Crippen LogP contribution in [0.4, 0.5) is 21.6 Å². The maximum Gasteiger partial charge on any atom is 0.264 e. The molecule has 3 aliphatic heterocycles. The third kappa shape index (κ3) is 11.8. The lowest BCUT2D eigenvalue weighted by Crippen LogP contribution is -2.54. The molecule has 4 N–H and O–H groups in total. The fraction of sp³-hybridized carbons (Fsp3) is 0.449. The largest absolute Gasteiger partial charge is 0.382 e. The number of benzene rings is 2. The monoisotopic (exact) mass is 993 g/mol. The summed E-state index contributed by atoms with van der Waals surface area (Å²) in [4.78, 5) is 90.0. The summed E-state index contributed by atoms with van der Waals surface area (Å²) in [5.74, 6) is -2.46. The van der Waals surface area contributed by atoms with Gasteiger partial charge in [0.25, 0.3) is 17.7 Å². The number of imidazole rings is 1. The van der Waals surface area contributed by atoms with E-state index in [1.807, 2.05) is 10.6 Å². The maximum absolute atomic E-state index is 15.6. The molecular formula is C49H56FN11O11. The van der Waals surface area contributed by atoms with Gasteiger partial charge in [-0.2, -0.15) is 5.10 Å². The number of halogens is 1. The molecule has 5 aromatic rings. The van der Waals surface area contributed by atoms with E-state index >= 15 is 4.39 Å². The molecule has 1 unspecified atom stereocenters. The Balaban J connectivity index is 0.579. The molecule has 0 radical (unpaired) electrons. The fourth-order valence-corrected chi connectivity index (χ4v) is 8.71. The molecule has 380 valence electrons. The van der Waals surface area contributed by atoms with Crippen molar-refractivity contribution in [3.05, 3.63) is 89.4 Å². The van der Waals surface area contributed by atoms with Gasteiger partial charge in [0.2, 0.25) is 17.7 Å². The molecule has 2 aromatic carbocycles. The number of piperidine rings is 1. The summed E-state index contributed by atoms with van der Waals surface area (Å²) in [6.45, 7) is 5.10. The number of ether oxygens (including phenoxy) is 5. The third-order valence-electron chi connectivity index (χ3n) is 12.7. The van der Waals surface area contributed by atoms with Gasteiger partial charge < -0.3 is 44.1 Å². The van der Waals surface area contributed by atoms with Crippen molar-refractivity contribution in [1.82, 2.24) is 44.6 Å². The lowest BCUT2D eigenvalue weighted by Gasteiger charge is -2.35. The zero-order valence-electron chi connectivity index (χ0n) is 39.6. The first kappa shape index (κ1) is 49.8. The molecule has 23 heteroatoms. The van der Waals surface area contributed by atoms with Crippen molar-refractivity contribution < 1.29 is 56.8 Å². The minimum atomic E-state index is -1.03. The van der Waals surface area contributed by atoms with Gasteiger partial charge in [0.15, 0.2) is 11.5 Å². The number of H-pyrrole nitrogens is 1. The summed E-state index contributed by atoms with van der Waals surface area (Å²) >= 11 is 0. The van der Waals surface area contributed by atoms with E-state index < -0.39 is 35.5 Å². The molecule has 3 fully saturated rings. The zero-order chi connectivity index (χ0) is 50.0. The number of rotatable bonds is 25. The van der Waals surface area contributed by atoms with E-state index in [0.717, 1.165) is 34.7 Å². The molecule has 4 aliphatic rings. The highest BCUT2D eigenvalue weighted by molar-refractivity contribution is 6.25. The molecule has 0 spiro atoms. The van der Waals surface area contributed by atoms with E-state index in [9.17, 15) is 28.8 Å². The summed E-state index contributed by atoms with van der Waals surface area (Å²) in [5, 5.41) is 15.3. The van der Waals surface area contributed by atoms with E-state index in [2.05, 4.69) is 31.1 Å². The van der Waals surface area contributed by atoms with Crippen LogP contribution in [0, 0.1) is 5.82 Å². The second-order valence-electron chi connectivity index (χ2n) is 17.5. The van der Waals surface area contributed by atoms with E-state index in [4.69, 9.17) is 28.7 Å². The number of fused-ring (bicyclic) bond motifs is 2. The van der Waals surface area contributed by atoms with Crippen LogP contribution in [0.1, 0.15) is 74.8 Å². The quantitative estimate of drug-likeness (QED) is 0.0484. The van der Waals surface area contributed by atoms with E-state index in [-0.39, 0.29) is 60.1 Å². The summed E-state index contributed by atoms with van der Waals surface area (Å²) in [6, 6.07) is 8.19. The predicted molar refractivity (Wildman–Crippen MR) is 255 cm³/mol. The number of anilines is 3. The van der Waals surface area contributed by atoms with Crippen LogP contribution in [0.2, 0.25) is 0 Å². The van der Waals surface area contributed by atoms with E-state index in [0.29, 0.717) is 115 Å². The molecule has 1 atom stereocenters. The van der Waals surface area contributed by atoms with Crippen LogP contribution < -0.4 is 16.0 Å². The number of imide groups is 2. The van der Waals surface area contributed by atoms with Crippen LogP contribution in [-0.4, -0.2) is 180 Å². The van der Waals surface area contributed by atoms with Crippen molar-refractivity contribution in [2.75, 3.05) is 109 Å². The lowest BCUT2D eigenvalue weighted by atomic mass is 10.0. The van der Waals surface area contributed by atoms with Gasteiger partial charge in [-0.05, 0) is 49.6 Å². The SMILES string of the molecule is O=C1CCC(N2C(=O)c3cccc(NCCOCCOCCOCCOCCOCCC(=O)N4CCN(C(=O)c5ccc(Nc6nc(C7CC7)cn7c(-c8cn[nH]c8)cnc67)c(F)c5)CC4)c3C2=O)C(=O)N1. The Labute approximate surface area is 412 Å². The number of carbonyl (C=O) groups is 6. The molecule has 1 aliphatic carbocycles. The zero-order valence-corrected chi connectivity index (χ0v) is 39.6. The Kier molecular flexibility index (Phi) is 16.2. The van der Waals surface area contributed by atoms with Gasteiger partial charge in [0.1, 0.15) is 11.9 Å². The van der Waals surface area contributed by atoms with Gasteiger partial charge in [-0.25, -0.2) is 14.4 Å². The van der Waals surface area contributed by atoms with Crippen LogP contribution in [0.5, 0.6) is 0 Å². The van der Waals surface area contributed by atoms with Crippen molar-refractivity contribution in [3.8, 4) is 11.3 Å². The summed E-state index contributed by atoms with van der Waals surface area (Å²) < 4.78 is 45.4. The predicted octanol–water partition coefficient (Wildman–Crippen LogP) is 3.15. The third-order valence-corrected chi connectivity index (χ3v) is 12.7. The van der Waals surface area contributed by atoms with Crippen molar-refractivity contribution in [1.29, 1.82) is 0 Å². The minimum Gasteiger partial charge on any atom is -0.382 e. The van der Waals surface area contributed by atoms with E-state index in [1.165, 1.54) is 12.1 Å². The second-order valence-corrected chi connectivity index (χ2v) is 17.5. The maximum atomic E-state index is 15.6. The number of hydrogen-bond donors (Lipinski definition) is 4. The number of aromatic nitrogens is 5. The molecule has 9 rings (SSSR count). The number of nitrogens with one attached hydrogen (secondary N) is 4. The molecule has 0 bridgehead atoms. The Morgan fingerprint density at radius 2 is 1.47 bits per heavy atom. The first-order valence-electron chi connectivity index (χ1n) is 24.1. The van der Waals surface area contributed by atoms with Gasteiger partial charge >= 0.3 is 0 Å². The normalized spacial score (nSPS) is 17.0. The molecule has 1 saturated carbocycles. The highest BCUT2D eigenvalue weighted by Crippen LogP contribution is 2.41. The van der Waals surface area contributed by atoms with Crippen LogP contribution in [-0.2, 0) is 38.1 Å². The van der Waals surface area contributed by atoms with Crippen molar-refractivity contribution in [2.45, 2.75) is 44.1 Å². The number of nitrogens with zero attached hydrogens (tertiary/aromatic N) is 7. The molecule has 6 amide bonds. The number of amides is 6. The average Bonchev–Trinajstić information content (AvgIpc) is 3.81. The molecule has 6 heterocycles. The van der Waals surface area contributed by atoms with Crippen LogP contribution in [0.15, 0.2) is 61.2 Å². The summed E-state index contributed by atoms with van der Waals surface area (Å²) in [7, 11) is 0. The van der Waals surface area contributed by atoms with Crippen LogP contribution in [0.25, 0.3) is 16.9 Å². The Morgan fingerprint density at radius 3 is 2.14 bits per heavy atom. The van der Waals surface area contributed by atoms with Gasteiger partial charge in [0, 0.05) is 74.3 Å². The molecule has 22 nitrogen and oxygen atoms in total. The number of carbonyl (C=O) groups excluding carboxylic acids is 6. The standard InChI is InChI=1S/C49H56FN11O11/c50-35-26-32(6-7-36(35)55-44-45-52-29-40(33-27-53-54-28-33)60(45)30-38(56-44)31-4-5-31)47(65)59-14-12-58(13-15-59)42(63)10-16-68-18-20-70-22-24-72-25-23-71-21-19-69-17-11-51-37-3-1-2-34-43(37)49(67)61(48(34)66)39-8-9-41(62)57-46(39)64/h1-3,6-7,26-31,39,51H,4-5,8-25H2,(H,53,54)(H,55,56)(H,57,62,64). The van der Waals surface area contributed by atoms with Crippen molar-refractivity contribution >= 4 is 58.3 Å². The second kappa shape index (κ2) is 23.4.